The van der Waals surface area contributed by atoms with Gasteiger partial charge in [0.1, 0.15) is 0 Å². The molecule has 156 valence electrons. The Morgan fingerprint density at radius 2 is 1.55 bits per heavy atom. The van der Waals surface area contributed by atoms with E-state index in [2.05, 4.69) is 0 Å². The van der Waals surface area contributed by atoms with Crippen LogP contribution in [-0.4, -0.2) is 48.9 Å². The van der Waals surface area contributed by atoms with E-state index in [-0.39, 0.29) is 23.0 Å². The van der Waals surface area contributed by atoms with E-state index in [1.165, 1.54) is 4.31 Å². The van der Waals surface area contributed by atoms with E-state index >= 15 is 0 Å². The third kappa shape index (κ3) is 5.67. The van der Waals surface area contributed by atoms with Crippen LogP contribution in [0.1, 0.15) is 5.56 Å². The SMILES string of the molecule is Cc1ccccc1S(=O)(=O)N1CCN(C(O)=C2C=CC=C2)CC1.[Fe].c1cc[cH-]c1. The molecule has 29 heavy (non-hydrogen) atoms. The summed E-state index contributed by atoms with van der Waals surface area (Å²) >= 11 is 0. The summed E-state index contributed by atoms with van der Waals surface area (Å²) in [6, 6.07) is 17.0. The number of aryl methyl sites for hydroxylation is 1. The van der Waals surface area contributed by atoms with E-state index in [9.17, 15) is 13.5 Å². The second-order valence-corrected chi connectivity index (χ2v) is 8.52. The van der Waals surface area contributed by atoms with Crippen molar-refractivity contribution in [3.05, 3.63) is 95.9 Å². The molecule has 1 heterocycles. The number of sulfonamides is 1. The van der Waals surface area contributed by atoms with Gasteiger partial charge in [-0.05, 0) is 30.7 Å². The van der Waals surface area contributed by atoms with Crippen molar-refractivity contribution in [1.29, 1.82) is 0 Å². The van der Waals surface area contributed by atoms with Gasteiger partial charge in [-0.3, -0.25) is 0 Å². The first-order chi connectivity index (χ1) is 13.5. The summed E-state index contributed by atoms with van der Waals surface area (Å²) in [7, 11) is -3.48. The standard InChI is InChI=1S/C17H20N2O3S.C5H5.Fe/c1-14-6-2-5-9-16(14)23(21,22)19-12-10-18(11-13-19)17(20)15-7-3-4-8-15;1-2-4-5-3-1;/h2-9,20H,10-13H2,1H3;1-5H;/q;-1;. The number of aliphatic hydroxyl groups excluding tert-OH is 1. The maximum absolute atomic E-state index is 12.8. The molecule has 7 heteroatoms. The summed E-state index contributed by atoms with van der Waals surface area (Å²) in [5, 5.41) is 10.3. The Hall–Kier alpha value is -2.18. The third-order valence-corrected chi connectivity index (χ3v) is 6.78. The molecule has 0 spiro atoms. The van der Waals surface area contributed by atoms with Crippen LogP contribution in [-0.2, 0) is 27.1 Å². The van der Waals surface area contributed by atoms with Gasteiger partial charge in [-0.2, -0.15) is 22.5 Å². The van der Waals surface area contributed by atoms with Gasteiger partial charge in [0, 0.05) is 48.8 Å². The molecule has 1 saturated heterocycles. The Kier molecular flexibility index (Phi) is 8.41. The smallest absolute Gasteiger partial charge is 0.243 e. The number of hydrogen-bond acceptors (Lipinski definition) is 4. The molecule has 0 atom stereocenters. The second-order valence-electron chi connectivity index (χ2n) is 6.62. The quantitative estimate of drug-likeness (QED) is 0.439. The molecule has 1 aliphatic carbocycles. The molecule has 0 bridgehead atoms. The Morgan fingerprint density at radius 3 is 2.07 bits per heavy atom. The molecule has 0 unspecified atom stereocenters. The van der Waals surface area contributed by atoms with Crippen LogP contribution in [0, 0.1) is 6.92 Å². The summed E-state index contributed by atoms with van der Waals surface area (Å²) in [6.07, 6.45) is 7.41. The normalized spacial score (nSPS) is 16.2. The van der Waals surface area contributed by atoms with Crippen molar-refractivity contribution in [2.45, 2.75) is 11.8 Å². The van der Waals surface area contributed by atoms with Crippen molar-refractivity contribution in [1.82, 2.24) is 9.21 Å². The van der Waals surface area contributed by atoms with E-state index < -0.39 is 10.0 Å². The molecule has 0 saturated carbocycles. The molecule has 2 aliphatic rings. The number of benzene rings is 1. The van der Waals surface area contributed by atoms with Crippen molar-refractivity contribution in [2.24, 2.45) is 0 Å². The summed E-state index contributed by atoms with van der Waals surface area (Å²) in [4.78, 5) is 2.18. The van der Waals surface area contributed by atoms with Gasteiger partial charge < -0.3 is 10.0 Å². The Morgan fingerprint density at radius 1 is 0.966 bits per heavy atom. The average molecular weight is 453 g/mol. The van der Waals surface area contributed by atoms with E-state index in [1.807, 2.05) is 65.6 Å². The number of allylic oxidation sites excluding steroid dienone is 5. The molecule has 0 amide bonds. The van der Waals surface area contributed by atoms with Gasteiger partial charge in [-0.15, -0.1) is 0 Å². The predicted molar refractivity (Wildman–Crippen MR) is 111 cm³/mol. The van der Waals surface area contributed by atoms with Crippen LogP contribution < -0.4 is 0 Å². The monoisotopic (exact) mass is 453 g/mol. The fourth-order valence-corrected chi connectivity index (χ4v) is 4.80. The van der Waals surface area contributed by atoms with Crippen LogP contribution in [0.5, 0.6) is 0 Å². The van der Waals surface area contributed by atoms with Crippen LogP contribution in [0.15, 0.2) is 95.3 Å². The topological polar surface area (TPSA) is 60.9 Å². The second kappa shape index (κ2) is 10.6. The Labute approximate surface area is 183 Å². The van der Waals surface area contributed by atoms with E-state index in [0.29, 0.717) is 31.1 Å². The minimum Gasteiger partial charge on any atom is -0.494 e. The largest absolute Gasteiger partial charge is 0.494 e. The first kappa shape index (κ1) is 23.1. The first-order valence-corrected chi connectivity index (χ1v) is 10.7. The summed E-state index contributed by atoms with van der Waals surface area (Å²) < 4.78 is 27.0. The minimum absolute atomic E-state index is 0. The molecule has 1 fully saturated rings. The summed E-state index contributed by atoms with van der Waals surface area (Å²) in [5.41, 5.74) is 1.52. The van der Waals surface area contributed by atoms with Crippen LogP contribution in [0.4, 0.5) is 0 Å². The molecule has 0 aromatic heterocycles. The van der Waals surface area contributed by atoms with Crippen LogP contribution in [0.2, 0.25) is 0 Å². The van der Waals surface area contributed by atoms with Gasteiger partial charge in [0.2, 0.25) is 10.0 Å². The predicted octanol–water partition coefficient (Wildman–Crippen LogP) is 3.60. The van der Waals surface area contributed by atoms with Gasteiger partial charge in [0.05, 0.1) is 4.90 Å². The number of nitrogens with zero attached hydrogens (tertiary/aromatic N) is 2. The molecule has 5 nitrogen and oxygen atoms in total. The van der Waals surface area contributed by atoms with E-state index in [1.54, 1.807) is 25.1 Å². The minimum atomic E-state index is -3.48. The zero-order chi connectivity index (χ0) is 20.0. The molecular weight excluding hydrogens is 428 g/mol. The number of aliphatic hydroxyl groups is 1. The summed E-state index contributed by atoms with van der Waals surface area (Å²) in [5.74, 6) is 0.211. The van der Waals surface area contributed by atoms with Gasteiger partial charge in [0.25, 0.3) is 0 Å². The average Bonchev–Trinajstić information content (AvgIpc) is 3.44. The molecule has 2 aromatic carbocycles. The van der Waals surface area contributed by atoms with Crippen LogP contribution in [0.25, 0.3) is 0 Å². The van der Waals surface area contributed by atoms with Crippen molar-refractivity contribution >= 4 is 10.0 Å². The van der Waals surface area contributed by atoms with E-state index in [0.717, 1.165) is 11.1 Å². The Balaban J connectivity index is 0.000000437. The molecular formula is C22H25FeN2O3S-. The molecule has 4 rings (SSSR count). The summed E-state index contributed by atoms with van der Waals surface area (Å²) in [6.45, 7) is 3.48. The maximum atomic E-state index is 12.8. The fourth-order valence-electron chi connectivity index (χ4n) is 3.15. The van der Waals surface area contributed by atoms with Crippen LogP contribution >= 0.6 is 0 Å². The van der Waals surface area contributed by atoms with Gasteiger partial charge in [-0.25, -0.2) is 20.6 Å². The molecule has 2 aromatic rings. The number of piperazine rings is 1. The molecule has 1 aliphatic heterocycles. The number of rotatable bonds is 3. The van der Waals surface area contributed by atoms with E-state index in [4.69, 9.17) is 0 Å². The fraction of sp³-hybridized carbons (Fsp3) is 0.227. The van der Waals surface area contributed by atoms with Gasteiger partial charge in [0.15, 0.2) is 5.88 Å². The van der Waals surface area contributed by atoms with Crippen molar-refractivity contribution < 1.29 is 30.6 Å². The zero-order valence-electron chi connectivity index (χ0n) is 16.3. The maximum Gasteiger partial charge on any atom is 0.243 e. The van der Waals surface area contributed by atoms with Crippen molar-refractivity contribution in [3.8, 4) is 0 Å². The molecule has 0 radical (unpaired) electrons. The van der Waals surface area contributed by atoms with Crippen LogP contribution in [0.3, 0.4) is 0 Å². The van der Waals surface area contributed by atoms with Gasteiger partial charge in [-0.1, -0.05) is 30.4 Å². The van der Waals surface area contributed by atoms with Gasteiger partial charge >= 0.3 is 0 Å². The first-order valence-electron chi connectivity index (χ1n) is 9.25. The van der Waals surface area contributed by atoms with Crippen molar-refractivity contribution in [2.75, 3.05) is 26.2 Å². The third-order valence-electron chi connectivity index (χ3n) is 4.73. The molecule has 1 N–H and O–H groups in total. The zero-order valence-corrected chi connectivity index (χ0v) is 18.2. The Bertz CT molecular complexity index is 940. The van der Waals surface area contributed by atoms with Crippen molar-refractivity contribution in [3.63, 3.8) is 0 Å². The number of hydrogen-bond donors (Lipinski definition) is 1.